The topological polar surface area (TPSA) is 99.8 Å². The van der Waals surface area contributed by atoms with E-state index < -0.39 is 5.91 Å². The summed E-state index contributed by atoms with van der Waals surface area (Å²) in [6.45, 7) is 4.08. The molecule has 0 spiro atoms. The summed E-state index contributed by atoms with van der Waals surface area (Å²) in [6.07, 6.45) is 1.01. The lowest BCUT2D eigenvalue weighted by molar-refractivity contribution is -0.117. The highest BCUT2D eigenvalue weighted by atomic mass is 127. The molecule has 7 nitrogen and oxygen atoms in total. The summed E-state index contributed by atoms with van der Waals surface area (Å²) in [5.74, 6) is -0.0367. The zero-order valence-electron chi connectivity index (χ0n) is 16.4. The highest BCUT2D eigenvalue weighted by Gasteiger charge is 2.22. The van der Waals surface area contributed by atoms with E-state index in [0.717, 1.165) is 31.0 Å². The molecule has 0 fully saturated rings. The lowest BCUT2D eigenvalue weighted by Crippen LogP contribution is -2.40. The molecule has 2 aromatic rings. The lowest BCUT2D eigenvalue weighted by Gasteiger charge is -2.22. The number of hydrogen-bond donors (Lipinski definition) is 3. The molecule has 2 amide bonds. The van der Waals surface area contributed by atoms with Crippen LogP contribution in [0.25, 0.3) is 0 Å². The third kappa shape index (κ3) is 5.93. The average molecular weight is 507 g/mol. The van der Waals surface area contributed by atoms with E-state index in [9.17, 15) is 9.59 Å². The molecule has 0 aromatic heterocycles. The maximum Gasteiger partial charge on any atom is 0.251 e. The predicted molar refractivity (Wildman–Crippen MR) is 126 cm³/mol. The summed E-state index contributed by atoms with van der Waals surface area (Å²) >= 11 is 0. The third-order valence-corrected chi connectivity index (χ3v) is 4.53. The molecule has 0 saturated carbocycles. The quantitative estimate of drug-likeness (QED) is 0.317. The minimum absolute atomic E-state index is 0. The minimum atomic E-state index is -0.571. The van der Waals surface area contributed by atoms with Crippen molar-refractivity contribution >= 4 is 47.4 Å². The number of anilines is 1. The van der Waals surface area contributed by atoms with Gasteiger partial charge in [0.05, 0.1) is 13.1 Å². The van der Waals surface area contributed by atoms with Crippen molar-refractivity contribution in [3.05, 3.63) is 65.2 Å². The number of guanidine groups is 1. The molecular formula is C21H26IN5O2. The van der Waals surface area contributed by atoms with Crippen LogP contribution in [0.1, 0.15) is 28.4 Å². The number of nitrogens with zero attached hydrogens (tertiary/aromatic N) is 2. The van der Waals surface area contributed by atoms with Crippen LogP contribution in [0, 0.1) is 0 Å². The van der Waals surface area contributed by atoms with Gasteiger partial charge in [-0.25, -0.2) is 4.99 Å². The number of rotatable bonds is 6. The van der Waals surface area contributed by atoms with Crippen LogP contribution in [0.3, 0.4) is 0 Å². The van der Waals surface area contributed by atoms with E-state index in [1.165, 1.54) is 11.3 Å². The number of hydrogen-bond acceptors (Lipinski definition) is 3. The Labute approximate surface area is 187 Å². The molecule has 1 aliphatic rings. The first-order valence-corrected chi connectivity index (χ1v) is 9.37. The van der Waals surface area contributed by atoms with Crippen LogP contribution in [-0.2, 0) is 17.8 Å². The number of aliphatic imine (C=N–C) groups is 1. The number of primary amides is 1. The number of nitrogens with two attached hydrogens (primary N) is 1. The SMILES string of the molecule is CCNC(=NCc1ccc(C(=O)NCC(N)=O)cc1)N1CCc2ccccc21.I. The molecule has 0 unspecified atom stereocenters. The van der Waals surface area contributed by atoms with Crippen LogP contribution >= 0.6 is 24.0 Å². The van der Waals surface area contributed by atoms with E-state index in [1.54, 1.807) is 12.1 Å². The second-order valence-electron chi connectivity index (χ2n) is 6.55. The van der Waals surface area contributed by atoms with Crippen LogP contribution < -0.4 is 21.3 Å². The van der Waals surface area contributed by atoms with Gasteiger partial charge in [0.15, 0.2) is 5.96 Å². The van der Waals surface area contributed by atoms with E-state index in [-0.39, 0.29) is 36.4 Å². The van der Waals surface area contributed by atoms with E-state index in [4.69, 9.17) is 10.7 Å². The fraction of sp³-hybridized carbons (Fsp3) is 0.286. The molecule has 0 radical (unpaired) electrons. The zero-order chi connectivity index (χ0) is 19.9. The van der Waals surface area contributed by atoms with Crippen molar-refractivity contribution in [2.24, 2.45) is 10.7 Å². The molecule has 3 rings (SSSR count). The van der Waals surface area contributed by atoms with Crippen LogP contribution in [0.4, 0.5) is 5.69 Å². The number of benzene rings is 2. The number of carbonyl (C=O) groups excluding carboxylic acids is 2. The first-order chi connectivity index (χ1) is 13.6. The summed E-state index contributed by atoms with van der Waals surface area (Å²) in [7, 11) is 0. The van der Waals surface area contributed by atoms with Crippen LogP contribution in [0.5, 0.6) is 0 Å². The summed E-state index contributed by atoms with van der Waals surface area (Å²) in [6, 6.07) is 15.6. The van der Waals surface area contributed by atoms with E-state index in [1.807, 2.05) is 18.2 Å². The zero-order valence-corrected chi connectivity index (χ0v) is 18.7. The molecular weight excluding hydrogens is 481 g/mol. The first kappa shape index (κ1) is 22.7. The van der Waals surface area contributed by atoms with Crippen LogP contribution in [0.15, 0.2) is 53.5 Å². The maximum absolute atomic E-state index is 11.9. The van der Waals surface area contributed by atoms with Crippen molar-refractivity contribution in [1.82, 2.24) is 10.6 Å². The monoisotopic (exact) mass is 507 g/mol. The fourth-order valence-corrected chi connectivity index (χ4v) is 3.15. The number of fused-ring (bicyclic) bond motifs is 1. The van der Waals surface area contributed by atoms with Crippen molar-refractivity contribution in [1.29, 1.82) is 0 Å². The van der Waals surface area contributed by atoms with Gasteiger partial charge in [-0.15, -0.1) is 24.0 Å². The van der Waals surface area contributed by atoms with Gasteiger partial charge >= 0.3 is 0 Å². The van der Waals surface area contributed by atoms with Gasteiger partial charge in [0, 0.05) is 24.3 Å². The summed E-state index contributed by atoms with van der Waals surface area (Å²) in [5, 5.41) is 5.83. The largest absolute Gasteiger partial charge is 0.368 e. The molecule has 0 saturated heterocycles. The average Bonchev–Trinajstić information content (AvgIpc) is 3.14. The molecule has 0 bridgehead atoms. The van der Waals surface area contributed by atoms with Gasteiger partial charge in [-0.3, -0.25) is 9.59 Å². The molecule has 8 heteroatoms. The van der Waals surface area contributed by atoms with Crippen LogP contribution in [0.2, 0.25) is 0 Å². The van der Waals surface area contributed by atoms with Crippen molar-refractivity contribution in [2.75, 3.05) is 24.5 Å². The molecule has 29 heavy (non-hydrogen) atoms. The third-order valence-electron chi connectivity index (χ3n) is 4.53. The molecule has 2 aromatic carbocycles. The summed E-state index contributed by atoms with van der Waals surface area (Å²) < 4.78 is 0. The molecule has 1 aliphatic heterocycles. The Bertz CT molecular complexity index is 883. The predicted octanol–water partition coefficient (Wildman–Crippen LogP) is 2.05. The van der Waals surface area contributed by atoms with E-state index in [2.05, 4.69) is 40.7 Å². The Morgan fingerprint density at radius 3 is 2.52 bits per heavy atom. The highest BCUT2D eigenvalue weighted by Crippen LogP contribution is 2.27. The molecule has 0 atom stereocenters. The van der Waals surface area contributed by atoms with Gasteiger partial charge in [-0.05, 0) is 42.7 Å². The van der Waals surface area contributed by atoms with Crippen LogP contribution in [-0.4, -0.2) is 37.4 Å². The maximum atomic E-state index is 11.9. The summed E-state index contributed by atoms with van der Waals surface area (Å²) in [4.78, 5) is 29.7. The normalized spacial score (nSPS) is 12.7. The van der Waals surface area contributed by atoms with Gasteiger partial charge < -0.3 is 21.3 Å². The smallest absolute Gasteiger partial charge is 0.251 e. The van der Waals surface area contributed by atoms with Crippen molar-refractivity contribution < 1.29 is 9.59 Å². The molecule has 1 heterocycles. The summed E-state index contributed by atoms with van der Waals surface area (Å²) in [5.41, 5.74) is 9.04. The number of nitrogens with one attached hydrogen (secondary N) is 2. The number of amides is 2. The van der Waals surface area contributed by atoms with E-state index >= 15 is 0 Å². The molecule has 154 valence electrons. The van der Waals surface area contributed by atoms with Gasteiger partial charge in [0.1, 0.15) is 0 Å². The number of para-hydroxylation sites is 1. The second kappa shape index (κ2) is 10.8. The van der Waals surface area contributed by atoms with Crippen molar-refractivity contribution in [3.63, 3.8) is 0 Å². The Hall–Kier alpha value is -2.62. The van der Waals surface area contributed by atoms with Gasteiger partial charge in [-0.2, -0.15) is 0 Å². The van der Waals surface area contributed by atoms with Crippen molar-refractivity contribution in [2.45, 2.75) is 19.9 Å². The van der Waals surface area contributed by atoms with Gasteiger partial charge in [0.25, 0.3) is 5.91 Å². The Morgan fingerprint density at radius 2 is 1.83 bits per heavy atom. The Morgan fingerprint density at radius 1 is 1.10 bits per heavy atom. The lowest BCUT2D eigenvalue weighted by atomic mass is 10.1. The standard InChI is InChI=1S/C21H25N5O2.HI/c1-2-23-21(26-12-11-16-5-3-4-6-18(16)26)25-13-15-7-9-17(10-8-15)20(28)24-14-19(22)27;/h3-10H,2,11-14H2,1H3,(H2,22,27)(H,23,25)(H,24,28);1H. The fourth-order valence-electron chi connectivity index (χ4n) is 3.15. The van der Waals surface area contributed by atoms with E-state index in [0.29, 0.717) is 12.1 Å². The molecule has 4 N–H and O–H groups in total. The highest BCUT2D eigenvalue weighted by molar-refractivity contribution is 14.0. The minimum Gasteiger partial charge on any atom is -0.368 e. The Kier molecular flexibility index (Phi) is 8.44. The number of halogens is 1. The Balaban J connectivity index is 0.00000300. The van der Waals surface area contributed by atoms with Crippen molar-refractivity contribution in [3.8, 4) is 0 Å². The number of carbonyl (C=O) groups is 2. The van der Waals surface area contributed by atoms with Gasteiger partial charge in [0.2, 0.25) is 5.91 Å². The van der Waals surface area contributed by atoms with Gasteiger partial charge in [-0.1, -0.05) is 30.3 Å². The second-order valence-corrected chi connectivity index (χ2v) is 6.55. The molecule has 0 aliphatic carbocycles. The first-order valence-electron chi connectivity index (χ1n) is 9.37.